The molecule has 1 aromatic rings. The summed E-state index contributed by atoms with van der Waals surface area (Å²) in [6.07, 6.45) is 1.69. The van der Waals surface area contributed by atoms with Gasteiger partial charge in [0.2, 0.25) is 10.0 Å². The molecular formula is C10H15ClN4O3S. The maximum atomic E-state index is 12.2. The molecule has 1 fully saturated rings. The minimum absolute atomic E-state index is 0.00407. The zero-order chi connectivity index (χ0) is 14.0. The molecule has 0 aromatic carbocycles. The Morgan fingerprint density at radius 1 is 1.58 bits per heavy atom. The smallest absolute Gasteiger partial charge is 0.242 e. The van der Waals surface area contributed by atoms with Crippen molar-refractivity contribution in [3.05, 3.63) is 17.3 Å². The maximum absolute atomic E-state index is 12.2. The van der Waals surface area contributed by atoms with Crippen LogP contribution in [-0.4, -0.2) is 32.2 Å². The summed E-state index contributed by atoms with van der Waals surface area (Å²) >= 11 is 5.86. The number of nitrogens with zero attached hydrogens (tertiary/aromatic N) is 1. The van der Waals surface area contributed by atoms with Crippen molar-refractivity contribution in [2.24, 2.45) is 5.84 Å². The molecule has 7 nitrogen and oxygen atoms in total. The Morgan fingerprint density at radius 2 is 2.32 bits per heavy atom. The molecule has 4 N–H and O–H groups in total. The molecule has 0 saturated carbocycles. The third-order valence-corrected chi connectivity index (χ3v) is 4.69. The number of hydrogen-bond acceptors (Lipinski definition) is 6. The van der Waals surface area contributed by atoms with E-state index in [1.807, 2.05) is 6.92 Å². The molecule has 0 spiro atoms. The molecule has 1 aromatic heterocycles. The molecular weight excluding hydrogens is 292 g/mol. The highest BCUT2D eigenvalue weighted by atomic mass is 35.5. The number of hydrogen-bond donors (Lipinski definition) is 3. The van der Waals surface area contributed by atoms with Crippen molar-refractivity contribution < 1.29 is 13.2 Å². The molecule has 1 saturated heterocycles. The van der Waals surface area contributed by atoms with Crippen molar-refractivity contribution in [2.75, 3.05) is 12.0 Å². The van der Waals surface area contributed by atoms with Crippen LogP contribution < -0.4 is 16.0 Å². The van der Waals surface area contributed by atoms with Gasteiger partial charge in [0.25, 0.3) is 0 Å². The molecule has 2 heterocycles. The van der Waals surface area contributed by atoms with Gasteiger partial charge in [-0.1, -0.05) is 11.6 Å². The van der Waals surface area contributed by atoms with Crippen LogP contribution in [0.3, 0.4) is 0 Å². The summed E-state index contributed by atoms with van der Waals surface area (Å²) in [7, 11) is -3.67. The third-order valence-electron chi connectivity index (χ3n) is 2.95. The fourth-order valence-electron chi connectivity index (χ4n) is 1.83. The van der Waals surface area contributed by atoms with Crippen LogP contribution in [0.1, 0.15) is 13.3 Å². The van der Waals surface area contributed by atoms with Gasteiger partial charge in [-0.25, -0.2) is 24.0 Å². The molecule has 0 amide bonds. The Kier molecular flexibility index (Phi) is 4.26. The second-order valence-electron chi connectivity index (χ2n) is 4.24. The van der Waals surface area contributed by atoms with Gasteiger partial charge in [0.15, 0.2) is 5.82 Å². The lowest BCUT2D eigenvalue weighted by Crippen LogP contribution is -2.39. The Hall–Kier alpha value is -0.930. The highest BCUT2D eigenvalue weighted by molar-refractivity contribution is 7.89. The number of rotatable bonds is 4. The fraction of sp³-hybridized carbons (Fsp3) is 0.500. The standard InChI is InChI=1S/C10H15ClN4O3S/c1-6-9(2-3-18-6)15-19(16,17)7-4-8(11)10(14-12)13-5-7/h4-6,9,15H,2-3,12H2,1H3,(H,13,14). The molecule has 19 heavy (non-hydrogen) atoms. The van der Waals surface area contributed by atoms with Gasteiger partial charge in [-0.3, -0.25) is 0 Å². The zero-order valence-corrected chi connectivity index (χ0v) is 11.8. The molecule has 0 aliphatic carbocycles. The molecule has 9 heteroatoms. The predicted octanol–water partition coefficient (Wildman–Crippen LogP) is 0.476. The lowest BCUT2D eigenvalue weighted by atomic mass is 10.2. The summed E-state index contributed by atoms with van der Waals surface area (Å²) in [5.41, 5.74) is 2.28. The van der Waals surface area contributed by atoms with Gasteiger partial charge < -0.3 is 10.2 Å². The van der Waals surface area contributed by atoms with Crippen LogP contribution in [-0.2, 0) is 14.8 Å². The van der Waals surface area contributed by atoms with Crippen LogP contribution >= 0.6 is 11.6 Å². The SMILES string of the molecule is CC1OCCC1NS(=O)(=O)c1cnc(NN)c(Cl)c1. The molecule has 2 rings (SSSR count). The van der Waals surface area contributed by atoms with E-state index in [0.717, 1.165) is 0 Å². The van der Waals surface area contributed by atoms with Gasteiger partial charge in [-0.2, -0.15) is 0 Å². The summed E-state index contributed by atoms with van der Waals surface area (Å²) in [4.78, 5) is 3.83. The van der Waals surface area contributed by atoms with Crippen molar-refractivity contribution in [1.82, 2.24) is 9.71 Å². The Bertz CT molecular complexity index is 566. The largest absolute Gasteiger partial charge is 0.377 e. The van der Waals surface area contributed by atoms with Gasteiger partial charge >= 0.3 is 0 Å². The number of nitrogens with one attached hydrogen (secondary N) is 2. The van der Waals surface area contributed by atoms with Crippen molar-refractivity contribution in [1.29, 1.82) is 0 Å². The monoisotopic (exact) mass is 306 g/mol. The lowest BCUT2D eigenvalue weighted by molar-refractivity contribution is 0.117. The number of ether oxygens (including phenoxy) is 1. The molecule has 2 atom stereocenters. The van der Waals surface area contributed by atoms with Crippen LogP contribution in [0.2, 0.25) is 5.02 Å². The topological polar surface area (TPSA) is 106 Å². The minimum atomic E-state index is -3.67. The number of pyridine rings is 1. The second kappa shape index (κ2) is 5.59. The minimum Gasteiger partial charge on any atom is -0.377 e. The van der Waals surface area contributed by atoms with Gasteiger partial charge in [0, 0.05) is 12.8 Å². The number of hydrazine groups is 1. The first-order valence-electron chi connectivity index (χ1n) is 5.70. The average molecular weight is 307 g/mol. The van der Waals surface area contributed by atoms with E-state index < -0.39 is 10.0 Å². The number of sulfonamides is 1. The van der Waals surface area contributed by atoms with Gasteiger partial charge in [-0.15, -0.1) is 0 Å². The third kappa shape index (κ3) is 3.15. The molecule has 1 aliphatic heterocycles. The summed E-state index contributed by atoms with van der Waals surface area (Å²) in [5.74, 6) is 5.40. The van der Waals surface area contributed by atoms with E-state index in [-0.39, 0.29) is 27.9 Å². The Balaban J connectivity index is 2.22. The van der Waals surface area contributed by atoms with E-state index in [4.69, 9.17) is 22.2 Å². The lowest BCUT2D eigenvalue weighted by Gasteiger charge is -2.16. The molecule has 1 aliphatic rings. The summed E-state index contributed by atoms with van der Waals surface area (Å²) in [6, 6.07) is 1.06. The van der Waals surface area contributed by atoms with E-state index in [0.29, 0.717) is 13.0 Å². The Labute approximate surface area is 116 Å². The summed E-state index contributed by atoms with van der Waals surface area (Å²) < 4.78 is 32.2. The molecule has 2 unspecified atom stereocenters. The highest BCUT2D eigenvalue weighted by Crippen LogP contribution is 2.23. The summed E-state index contributed by atoms with van der Waals surface area (Å²) in [6.45, 7) is 2.37. The van der Waals surface area contributed by atoms with Crippen LogP contribution in [0.4, 0.5) is 5.82 Å². The maximum Gasteiger partial charge on any atom is 0.242 e. The Morgan fingerprint density at radius 3 is 2.84 bits per heavy atom. The normalized spacial score (nSPS) is 23.5. The molecule has 106 valence electrons. The first-order valence-corrected chi connectivity index (χ1v) is 7.56. The first kappa shape index (κ1) is 14.5. The first-order chi connectivity index (χ1) is 8.94. The van der Waals surface area contributed by atoms with Crippen LogP contribution in [0.25, 0.3) is 0 Å². The average Bonchev–Trinajstić information content (AvgIpc) is 2.74. The number of halogens is 1. The fourth-order valence-corrected chi connectivity index (χ4v) is 3.42. The summed E-state index contributed by atoms with van der Waals surface area (Å²) in [5, 5.41) is 0.140. The van der Waals surface area contributed by atoms with Gasteiger partial charge in [0.1, 0.15) is 4.90 Å². The van der Waals surface area contributed by atoms with E-state index in [9.17, 15) is 8.42 Å². The van der Waals surface area contributed by atoms with Crippen molar-refractivity contribution in [3.63, 3.8) is 0 Å². The zero-order valence-electron chi connectivity index (χ0n) is 10.3. The van der Waals surface area contributed by atoms with E-state index >= 15 is 0 Å². The van der Waals surface area contributed by atoms with E-state index in [1.54, 1.807) is 0 Å². The van der Waals surface area contributed by atoms with E-state index in [1.165, 1.54) is 12.3 Å². The molecule has 0 radical (unpaired) electrons. The van der Waals surface area contributed by atoms with Gasteiger partial charge in [0.05, 0.1) is 17.2 Å². The van der Waals surface area contributed by atoms with Crippen molar-refractivity contribution in [3.8, 4) is 0 Å². The van der Waals surface area contributed by atoms with Crippen LogP contribution in [0.5, 0.6) is 0 Å². The van der Waals surface area contributed by atoms with E-state index in [2.05, 4.69) is 15.1 Å². The van der Waals surface area contributed by atoms with Gasteiger partial charge in [-0.05, 0) is 19.4 Å². The second-order valence-corrected chi connectivity index (χ2v) is 6.36. The number of nitrogens with two attached hydrogens (primary N) is 1. The predicted molar refractivity (Wildman–Crippen MR) is 71.2 cm³/mol. The van der Waals surface area contributed by atoms with Crippen molar-refractivity contribution >= 4 is 27.4 Å². The quantitative estimate of drug-likeness (QED) is 0.552. The molecule has 0 bridgehead atoms. The van der Waals surface area contributed by atoms with Crippen LogP contribution in [0.15, 0.2) is 17.2 Å². The number of aromatic nitrogens is 1. The number of anilines is 1. The number of nitrogen functional groups attached to an aromatic ring is 1. The highest BCUT2D eigenvalue weighted by Gasteiger charge is 2.29. The van der Waals surface area contributed by atoms with Crippen molar-refractivity contribution in [2.45, 2.75) is 30.4 Å². The van der Waals surface area contributed by atoms with Crippen LogP contribution in [0, 0.1) is 0 Å².